The molecule has 4 nitrogen and oxygen atoms in total. The van der Waals surface area contributed by atoms with E-state index in [1.165, 1.54) is 11.5 Å². The molecule has 0 saturated heterocycles. The molecule has 0 amide bonds. The molecular weight excluding hydrogens is 344 g/mol. The van der Waals surface area contributed by atoms with Crippen molar-refractivity contribution in [2.75, 3.05) is 0 Å². The molecule has 2 rings (SSSR count). The molecule has 1 heterocycles. The monoisotopic (exact) mass is 366 g/mol. The first-order valence-electron chi connectivity index (χ1n) is 7.54. The second kappa shape index (κ2) is 7.51. The van der Waals surface area contributed by atoms with Crippen LogP contribution in [-0.4, -0.2) is 30.6 Å². The van der Waals surface area contributed by atoms with Crippen molar-refractivity contribution in [3.63, 3.8) is 0 Å². The van der Waals surface area contributed by atoms with Gasteiger partial charge in [0, 0.05) is 19.1 Å². The number of aromatic nitrogens is 2. The molecule has 0 fully saturated rings. The van der Waals surface area contributed by atoms with Gasteiger partial charge in [-0.3, -0.25) is 8.52 Å². The molecule has 23 heavy (non-hydrogen) atoms. The maximum absolute atomic E-state index is 5.58. The molecule has 1 aromatic carbocycles. The van der Waals surface area contributed by atoms with Crippen molar-refractivity contribution in [2.45, 2.75) is 39.8 Å². The van der Waals surface area contributed by atoms with Crippen molar-refractivity contribution in [1.29, 1.82) is 0 Å². The average Bonchev–Trinajstić information content (AvgIpc) is 2.73. The summed E-state index contributed by atoms with van der Waals surface area (Å²) in [4.78, 5) is 7.64. The molecule has 0 spiro atoms. The van der Waals surface area contributed by atoms with E-state index in [0.717, 1.165) is 10.5 Å². The SMILES string of the molecule is CC(C)N(C(=S)N=c1sn(C)c(=S)n1-c1ccccc1)C(C)C. The minimum atomic E-state index is 0.299. The molecule has 2 aromatic rings. The Bertz CT molecular complexity index is 789. The Kier molecular flexibility index (Phi) is 5.89. The third kappa shape index (κ3) is 3.97. The average molecular weight is 367 g/mol. The number of hydrogen-bond acceptors (Lipinski definition) is 3. The van der Waals surface area contributed by atoms with Crippen LogP contribution in [0.25, 0.3) is 5.69 Å². The van der Waals surface area contributed by atoms with E-state index in [1.54, 1.807) is 0 Å². The van der Waals surface area contributed by atoms with Gasteiger partial charge in [0.15, 0.2) is 9.88 Å². The second-order valence-corrected chi connectivity index (χ2v) is 7.64. The number of rotatable bonds is 3. The van der Waals surface area contributed by atoms with E-state index >= 15 is 0 Å². The molecule has 0 saturated carbocycles. The molecule has 0 aliphatic rings. The van der Waals surface area contributed by atoms with Crippen LogP contribution in [0.5, 0.6) is 0 Å². The lowest BCUT2D eigenvalue weighted by atomic mass is 10.2. The fraction of sp³-hybridized carbons (Fsp3) is 0.438. The van der Waals surface area contributed by atoms with Gasteiger partial charge in [-0.05, 0) is 75.8 Å². The van der Waals surface area contributed by atoms with Crippen LogP contribution < -0.4 is 4.80 Å². The van der Waals surface area contributed by atoms with Crippen molar-refractivity contribution >= 4 is 41.1 Å². The molecule has 0 radical (unpaired) electrons. The van der Waals surface area contributed by atoms with Crippen LogP contribution in [0.1, 0.15) is 27.7 Å². The Balaban J connectivity index is 2.58. The van der Waals surface area contributed by atoms with E-state index < -0.39 is 0 Å². The quantitative estimate of drug-likeness (QED) is 0.770. The van der Waals surface area contributed by atoms with E-state index in [9.17, 15) is 0 Å². The van der Waals surface area contributed by atoms with Crippen molar-refractivity contribution < 1.29 is 0 Å². The lowest BCUT2D eigenvalue weighted by Gasteiger charge is -2.30. The van der Waals surface area contributed by atoms with Gasteiger partial charge in [-0.2, -0.15) is 4.99 Å². The summed E-state index contributed by atoms with van der Waals surface area (Å²) in [5, 5.41) is 0.594. The molecular formula is C16H22N4S3. The van der Waals surface area contributed by atoms with Gasteiger partial charge in [-0.1, -0.05) is 18.2 Å². The summed E-state index contributed by atoms with van der Waals surface area (Å²) in [6.45, 7) is 8.50. The Morgan fingerprint density at radius 3 is 2.22 bits per heavy atom. The first-order chi connectivity index (χ1) is 10.8. The topological polar surface area (TPSA) is 25.5 Å². The number of benzene rings is 1. The lowest BCUT2D eigenvalue weighted by Crippen LogP contribution is -2.41. The second-order valence-electron chi connectivity index (χ2n) is 5.81. The van der Waals surface area contributed by atoms with Crippen LogP contribution in [0.4, 0.5) is 0 Å². The van der Waals surface area contributed by atoms with Crippen molar-refractivity contribution in [3.8, 4) is 5.69 Å². The standard InChI is InChI=1S/C16H22N4S3/c1-11(2)19(12(3)4)14(21)17-15-20(16(22)18(5)23-15)13-9-7-6-8-10-13/h6-12H,1-5H3. The maximum atomic E-state index is 5.58. The summed E-state index contributed by atoms with van der Waals surface area (Å²) in [5.41, 5.74) is 0.997. The maximum Gasteiger partial charge on any atom is 0.215 e. The smallest absolute Gasteiger partial charge is 0.215 e. The van der Waals surface area contributed by atoms with Crippen LogP contribution in [0.15, 0.2) is 35.3 Å². The van der Waals surface area contributed by atoms with Gasteiger partial charge < -0.3 is 4.90 Å². The highest BCUT2D eigenvalue weighted by atomic mass is 32.1. The molecule has 0 bridgehead atoms. The number of para-hydroxylation sites is 1. The lowest BCUT2D eigenvalue weighted by molar-refractivity contribution is 0.294. The van der Waals surface area contributed by atoms with Gasteiger partial charge in [0.05, 0.1) is 5.69 Å². The number of nitrogens with zero attached hydrogens (tertiary/aromatic N) is 4. The summed E-state index contributed by atoms with van der Waals surface area (Å²) in [6.07, 6.45) is 0. The predicted molar refractivity (Wildman–Crippen MR) is 104 cm³/mol. The third-order valence-corrected chi connectivity index (χ3v) is 5.17. The summed E-state index contributed by atoms with van der Waals surface area (Å²) in [6, 6.07) is 10.6. The highest BCUT2D eigenvalue weighted by molar-refractivity contribution is 7.80. The molecule has 0 aliphatic heterocycles. The number of aryl methyl sites for hydroxylation is 1. The van der Waals surface area contributed by atoms with E-state index in [4.69, 9.17) is 29.4 Å². The van der Waals surface area contributed by atoms with Crippen molar-refractivity contribution in [3.05, 3.63) is 39.9 Å². The molecule has 1 aromatic heterocycles. The van der Waals surface area contributed by atoms with Crippen molar-refractivity contribution in [2.24, 2.45) is 12.0 Å². The normalized spacial score (nSPS) is 12.2. The number of hydrogen-bond donors (Lipinski definition) is 0. The molecule has 0 atom stereocenters. The van der Waals surface area contributed by atoms with Gasteiger partial charge in [0.1, 0.15) is 0 Å². The van der Waals surface area contributed by atoms with Crippen molar-refractivity contribution in [1.82, 2.24) is 13.4 Å². The fourth-order valence-corrected chi connectivity index (χ4v) is 4.20. The summed E-state index contributed by atoms with van der Waals surface area (Å²) in [7, 11) is 1.94. The fourth-order valence-electron chi connectivity index (χ4n) is 2.47. The Morgan fingerprint density at radius 1 is 1.13 bits per heavy atom. The Morgan fingerprint density at radius 2 is 1.70 bits per heavy atom. The van der Waals surface area contributed by atoms with E-state index in [1.807, 2.05) is 45.9 Å². The summed E-state index contributed by atoms with van der Waals surface area (Å²) < 4.78 is 4.60. The molecule has 7 heteroatoms. The van der Waals surface area contributed by atoms with E-state index in [0.29, 0.717) is 22.0 Å². The zero-order valence-electron chi connectivity index (χ0n) is 14.1. The minimum Gasteiger partial charge on any atom is -0.343 e. The molecule has 124 valence electrons. The third-order valence-electron chi connectivity index (χ3n) is 3.41. The van der Waals surface area contributed by atoms with Crippen LogP contribution in [0, 0.1) is 4.77 Å². The molecule has 0 N–H and O–H groups in total. The Labute approximate surface area is 151 Å². The first-order valence-corrected chi connectivity index (χ1v) is 9.13. The highest BCUT2D eigenvalue weighted by Gasteiger charge is 2.17. The van der Waals surface area contributed by atoms with E-state index in [2.05, 4.69) is 32.6 Å². The first kappa shape index (κ1) is 18.0. The minimum absolute atomic E-state index is 0.299. The zero-order chi connectivity index (χ0) is 17.1. The van der Waals surface area contributed by atoms with Crippen LogP contribution in [0.2, 0.25) is 0 Å². The number of thiocarbonyl (C=S) groups is 1. The predicted octanol–water partition coefficient (Wildman–Crippen LogP) is 3.91. The zero-order valence-corrected chi connectivity index (χ0v) is 16.5. The van der Waals surface area contributed by atoms with Gasteiger partial charge in [0.25, 0.3) is 0 Å². The van der Waals surface area contributed by atoms with Crippen LogP contribution in [0.3, 0.4) is 0 Å². The largest absolute Gasteiger partial charge is 0.343 e. The summed E-state index contributed by atoms with van der Waals surface area (Å²) in [5.74, 6) is 0. The summed E-state index contributed by atoms with van der Waals surface area (Å²) >= 11 is 12.6. The Hall–Kier alpha value is -1.31. The van der Waals surface area contributed by atoms with E-state index in [-0.39, 0.29) is 0 Å². The van der Waals surface area contributed by atoms with Gasteiger partial charge in [-0.25, -0.2) is 0 Å². The van der Waals surface area contributed by atoms with Crippen LogP contribution >= 0.6 is 36.0 Å². The molecule has 0 aliphatic carbocycles. The molecule has 0 unspecified atom stereocenters. The highest BCUT2D eigenvalue weighted by Crippen LogP contribution is 2.10. The van der Waals surface area contributed by atoms with Gasteiger partial charge in [-0.15, -0.1) is 0 Å². The van der Waals surface area contributed by atoms with Gasteiger partial charge >= 0.3 is 0 Å². The van der Waals surface area contributed by atoms with Gasteiger partial charge in [0.2, 0.25) is 4.80 Å². The van der Waals surface area contributed by atoms with Crippen LogP contribution in [-0.2, 0) is 7.05 Å².